The summed E-state index contributed by atoms with van der Waals surface area (Å²) in [7, 11) is -13.9. The molecule has 1 aliphatic rings. The zero-order valence-corrected chi connectivity index (χ0v) is 18.1. The molecule has 4 atom stereocenters. The minimum Gasteiger partial charge on any atom is -0.394 e. The van der Waals surface area contributed by atoms with Gasteiger partial charge in [0.05, 0.1) is 12.6 Å². The van der Waals surface area contributed by atoms with Gasteiger partial charge in [-0.25, -0.2) is 18.5 Å². The molecule has 0 spiro atoms. The molecule has 1 aromatic heterocycles. The molecule has 0 aromatic carbocycles. The highest BCUT2D eigenvalue weighted by Crippen LogP contribution is 2.27. The van der Waals surface area contributed by atoms with Crippen LogP contribution < -0.4 is 17.0 Å². The SMILES string of the molecule is N[C@@H]1[C@H](O)[C@@H](CO)O[C@H]1n1ccc(=O)[nH]c1=O.O=P(O)(O)O.O=P(O)(O)O.O=P(O)(O)O. The van der Waals surface area contributed by atoms with Crippen molar-refractivity contribution in [2.24, 2.45) is 5.73 Å². The van der Waals surface area contributed by atoms with Gasteiger partial charge in [0.15, 0.2) is 6.23 Å². The van der Waals surface area contributed by atoms with E-state index in [1.165, 1.54) is 6.20 Å². The van der Waals surface area contributed by atoms with Crippen LogP contribution in [0.1, 0.15) is 6.23 Å². The van der Waals surface area contributed by atoms with Gasteiger partial charge in [0, 0.05) is 12.3 Å². The third kappa shape index (κ3) is 19.5. The first kappa shape index (κ1) is 33.0. The maximum atomic E-state index is 11.5. The molecule has 2 rings (SSSR count). The van der Waals surface area contributed by atoms with E-state index in [2.05, 4.69) is 4.98 Å². The van der Waals surface area contributed by atoms with E-state index in [4.69, 9.17) is 73.3 Å². The summed E-state index contributed by atoms with van der Waals surface area (Å²) >= 11 is 0. The van der Waals surface area contributed by atoms with Crippen LogP contribution in [0.5, 0.6) is 0 Å². The summed E-state index contributed by atoms with van der Waals surface area (Å²) in [6.45, 7) is -0.399. The van der Waals surface area contributed by atoms with E-state index in [0.717, 1.165) is 10.6 Å². The smallest absolute Gasteiger partial charge is 0.394 e. The molecule has 1 aliphatic heterocycles. The molecule has 1 fully saturated rings. The lowest BCUT2D eigenvalue weighted by atomic mass is 10.1. The van der Waals surface area contributed by atoms with Crippen molar-refractivity contribution in [3.63, 3.8) is 0 Å². The quantitative estimate of drug-likeness (QED) is 0.156. The number of aromatic amines is 1. The second-order valence-corrected chi connectivity index (χ2v) is 8.45. The van der Waals surface area contributed by atoms with Gasteiger partial charge in [-0.15, -0.1) is 0 Å². The van der Waals surface area contributed by atoms with Gasteiger partial charge in [0.1, 0.15) is 12.2 Å². The summed E-state index contributed by atoms with van der Waals surface area (Å²) in [5.41, 5.74) is 4.48. The molecule has 0 amide bonds. The number of ether oxygens (including phenoxy) is 1. The number of aliphatic hydroxyl groups excluding tert-OH is 2. The van der Waals surface area contributed by atoms with Crippen molar-refractivity contribution in [2.75, 3.05) is 6.61 Å². The zero-order valence-electron chi connectivity index (χ0n) is 15.4. The van der Waals surface area contributed by atoms with Crippen molar-refractivity contribution in [3.8, 4) is 0 Å². The van der Waals surface area contributed by atoms with Gasteiger partial charge in [-0.2, -0.15) is 0 Å². The van der Waals surface area contributed by atoms with E-state index in [1.54, 1.807) is 0 Å². The molecule has 32 heavy (non-hydrogen) atoms. The van der Waals surface area contributed by atoms with Crippen LogP contribution in [0.2, 0.25) is 0 Å². The van der Waals surface area contributed by atoms with E-state index < -0.39 is 65.8 Å². The fourth-order valence-corrected chi connectivity index (χ4v) is 1.80. The lowest BCUT2D eigenvalue weighted by Crippen LogP contribution is -2.42. The molecule has 14 N–H and O–H groups in total. The molecule has 0 radical (unpaired) electrons. The molecule has 190 valence electrons. The number of hydrogen-bond acceptors (Lipinski definition) is 9. The van der Waals surface area contributed by atoms with E-state index in [0.29, 0.717) is 0 Å². The molecule has 0 unspecified atom stereocenters. The zero-order chi connectivity index (χ0) is 26.1. The Hall–Kier alpha value is -1.15. The van der Waals surface area contributed by atoms with Crippen LogP contribution >= 0.6 is 23.5 Å². The second kappa shape index (κ2) is 13.5. The largest absolute Gasteiger partial charge is 0.466 e. The Labute approximate surface area is 176 Å². The van der Waals surface area contributed by atoms with Gasteiger partial charge in [-0.3, -0.25) is 14.3 Å². The summed E-state index contributed by atoms with van der Waals surface area (Å²) in [5, 5.41) is 18.6. The van der Waals surface area contributed by atoms with E-state index in [9.17, 15) is 14.7 Å². The van der Waals surface area contributed by atoms with Gasteiger partial charge in [-0.1, -0.05) is 0 Å². The minimum absolute atomic E-state index is 0.399. The first-order valence-corrected chi connectivity index (χ1v) is 12.1. The Morgan fingerprint density at radius 3 is 1.59 bits per heavy atom. The minimum atomic E-state index is -4.64. The fraction of sp³-hybridized carbons (Fsp3) is 0.556. The predicted molar refractivity (Wildman–Crippen MR) is 99.1 cm³/mol. The van der Waals surface area contributed by atoms with Gasteiger partial charge in [0.2, 0.25) is 0 Å². The Kier molecular flexibility index (Phi) is 14.0. The molecular weight excluding hydrogens is 515 g/mol. The predicted octanol–water partition coefficient (Wildman–Crippen LogP) is -5.67. The van der Waals surface area contributed by atoms with Crippen LogP contribution in [0, 0.1) is 0 Å². The number of nitrogens with two attached hydrogens (primary N) is 1. The number of nitrogens with zero attached hydrogens (tertiary/aromatic N) is 1. The fourth-order valence-electron chi connectivity index (χ4n) is 1.80. The van der Waals surface area contributed by atoms with Crippen molar-refractivity contribution in [3.05, 3.63) is 33.1 Å². The molecule has 20 nitrogen and oxygen atoms in total. The number of rotatable bonds is 2. The third-order valence-corrected chi connectivity index (χ3v) is 2.72. The summed E-state index contributed by atoms with van der Waals surface area (Å²) in [4.78, 5) is 89.1. The van der Waals surface area contributed by atoms with Gasteiger partial charge in [-0.05, 0) is 0 Å². The molecule has 2 heterocycles. The molecule has 0 saturated carbocycles. The van der Waals surface area contributed by atoms with Crippen LogP contribution in [0.4, 0.5) is 0 Å². The van der Waals surface area contributed by atoms with Gasteiger partial charge in [0.25, 0.3) is 5.56 Å². The van der Waals surface area contributed by atoms with Crippen LogP contribution in [-0.4, -0.2) is 88.7 Å². The number of aliphatic hydroxyl groups is 2. The van der Waals surface area contributed by atoms with Crippen molar-refractivity contribution in [1.29, 1.82) is 0 Å². The van der Waals surface area contributed by atoms with Gasteiger partial charge < -0.3 is 64.7 Å². The standard InChI is InChI=1S/C9H13N3O5.3H3O4P/c10-6-7(15)4(3-13)17-8(6)12-2-1-5(14)11-9(12)16;3*1-5(2,3)4/h1-2,4,6-8,13,15H,3,10H2,(H,11,14,16);3*(H3,1,2,3,4)/t4-,6-,7-,8-;;;/m1.../s1. The van der Waals surface area contributed by atoms with Crippen molar-refractivity contribution in [2.45, 2.75) is 24.5 Å². The second-order valence-electron chi connectivity index (χ2n) is 5.37. The number of phosphoric acid groups is 3. The average Bonchev–Trinajstić information content (AvgIpc) is 2.78. The summed E-state index contributed by atoms with van der Waals surface area (Å²) in [6.07, 6.45) is -1.58. The average molecular weight is 537 g/mol. The molecule has 0 bridgehead atoms. The van der Waals surface area contributed by atoms with E-state index >= 15 is 0 Å². The monoisotopic (exact) mass is 537 g/mol. The van der Waals surface area contributed by atoms with Gasteiger partial charge >= 0.3 is 29.2 Å². The molecule has 23 heteroatoms. The van der Waals surface area contributed by atoms with Crippen molar-refractivity contribution < 1.29 is 72.7 Å². The summed E-state index contributed by atoms with van der Waals surface area (Å²) in [6, 6.07) is 0.298. The first-order valence-electron chi connectivity index (χ1n) is 7.41. The number of nitrogens with one attached hydrogen (secondary N) is 1. The number of hydrogen-bond donors (Lipinski definition) is 13. The lowest BCUT2D eigenvalue weighted by Gasteiger charge is -2.17. The summed E-state index contributed by atoms with van der Waals surface area (Å²) in [5.74, 6) is 0. The highest BCUT2D eigenvalue weighted by Gasteiger charge is 2.42. The third-order valence-electron chi connectivity index (χ3n) is 2.72. The maximum Gasteiger partial charge on any atom is 0.466 e. The number of H-pyrrole nitrogens is 1. The van der Waals surface area contributed by atoms with Crippen molar-refractivity contribution >= 4 is 23.5 Å². The molecular formula is C9H22N3O17P3. The first-order chi connectivity index (χ1) is 14.0. The summed E-state index contributed by atoms with van der Waals surface area (Å²) < 4.78 is 33.0. The number of aromatic nitrogens is 2. The Morgan fingerprint density at radius 1 is 0.938 bits per heavy atom. The highest BCUT2D eigenvalue weighted by atomic mass is 31.2. The van der Waals surface area contributed by atoms with E-state index in [-0.39, 0.29) is 0 Å². The molecule has 0 aliphatic carbocycles. The topological polar surface area (TPSA) is 364 Å². The normalized spacial score (nSPS) is 23.0. The van der Waals surface area contributed by atoms with Crippen LogP contribution in [0.3, 0.4) is 0 Å². The highest BCUT2D eigenvalue weighted by molar-refractivity contribution is 7.45. The Morgan fingerprint density at radius 2 is 1.31 bits per heavy atom. The maximum absolute atomic E-state index is 11.5. The van der Waals surface area contributed by atoms with Crippen LogP contribution in [-0.2, 0) is 18.4 Å². The van der Waals surface area contributed by atoms with Crippen LogP contribution in [0.15, 0.2) is 21.9 Å². The molecule has 1 saturated heterocycles. The Bertz CT molecular complexity index is 872. The van der Waals surface area contributed by atoms with Crippen LogP contribution in [0.25, 0.3) is 0 Å². The van der Waals surface area contributed by atoms with Crippen molar-refractivity contribution in [1.82, 2.24) is 9.55 Å². The Balaban J connectivity index is 0. The molecule has 1 aromatic rings. The van der Waals surface area contributed by atoms with E-state index in [1.807, 2.05) is 0 Å². The lowest BCUT2D eigenvalue weighted by molar-refractivity contribution is -0.0465.